The molecule has 1 amide bonds. The first-order chi connectivity index (χ1) is 15.3. The highest BCUT2D eigenvalue weighted by molar-refractivity contribution is 7.89. The van der Waals surface area contributed by atoms with Gasteiger partial charge in [0.1, 0.15) is 5.75 Å². The maximum Gasteiger partial charge on any atom is 0.311 e. The monoisotopic (exact) mass is 463 g/mol. The van der Waals surface area contributed by atoms with Gasteiger partial charge < -0.3 is 14.8 Å². The average Bonchev–Trinajstić information content (AvgIpc) is 3.08. The van der Waals surface area contributed by atoms with Gasteiger partial charge in [-0.2, -0.15) is 4.31 Å². The van der Waals surface area contributed by atoms with Crippen molar-refractivity contribution in [1.82, 2.24) is 4.31 Å². The zero-order chi connectivity index (χ0) is 23.3. The van der Waals surface area contributed by atoms with E-state index >= 15 is 0 Å². The molecule has 2 aromatic carbocycles. The van der Waals surface area contributed by atoms with Gasteiger partial charge in [-0.1, -0.05) is 12.8 Å². The smallest absolute Gasteiger partial charge is 0.311 e. The zero-order valence-electron chi connectivity index (χ0n) is 17.9. The fourth-order valence-corrected chi connectivity index (χ4v) is 5.09. The topological polar surface area (TPSA) is 128 Å². The maximum atomic E-state index is 13.1. The molecule has 1 saturated heterocycles. The summed E-state index contributed by atoms with van der Waals surface area (Å²) in [4.78, 5) is 23.4. The van der Waals surface area contributed by atoms with E-state index in [9.17, 15) is 23.3 Å². The summed E-state index contributed by atoms with van der Waals surface area (Å²) < 4.78 is 37.9. The first kappa shape index (κ1) is 23.5. The number of nitrogens with zero attached hydrogens (tertiary/aromatic N) is 2. The molecule has 0 bridgehead atoms. The number of carbonyl (C=O) groups excluding carboxylic acids is 1. The van der Waals surface area contributed by atoms with Crippen molar-refractivity contribution in [2.75, 3.05) is 32.6 Å². The Bertz CT molecular complexity index is 1110. The summed E-state index contributed by atoms with van der Waals surface area (Å²) in [7, 11) is -1.05. The van der Waals surface area contributed by atoms with Crippen molar-refractivity contribution < 1.29 is 27.6 Å². The fraction of sp³-hybridized carbons (Fsp3) is 0.381. The number of methoxy groups -OCH3 is 2. The number of benzene rings is 2. The highest BCUT2D eigenvalue weighted by Crippen LogP contribution is 2.31. The van der Waals surface area contributed by atoms with Crippen LogP contribution in [0.2, 0.25) is 0 Å². The Kier molecular flexibility index (Phi) is 7.31. The van der Waals surface area contributed by atoms with Gasteiger partial charge in [-0.25, -0.2) is 8.42 Å². The van der Waals surface area contributed by atoms with Crippen LogP contribution in [-0.2, 0) is 10.0 Å². The average molecular weight is 464 g/mol. The Hall–Kier alpha value is -3.18. The summed E-state index contributed by atoms with van der Waals surface area (Å²) in [5.74, 6) is -0.371. The second-order valence-electron chi connectivity index (χ2n) is 7.28. The molecule has 0 atom stereocenters. The van der Waals surface area contributed by atoms with Crippen LogP contribution in [0.15, 0.2) is 41.3 Å². The number of nitro groups is 1. The van der Waals surface area contributed by atoms with Gasteiger partial charge in [-0.3, -0.25) is 14.9 Å². The van der Waals surface area contributed by atoms with Crippen molar-refractivity contribution >= 4 is 27.3 Å². The number of hydrogen-bond acceptors (Lipinski definition) is 7. The maximum absolute atomic E-state index is 13.1. The molecule has 172 valence electrons. The first-order valence-electron chi connectivity index (χ1n) is 10.1. The molecule has 1 fully saturated rings. The third-order valence-corrected chi connectivity index (χ3v) is 7.15. The second kappa shape index (κ2) is 9.96. The molecule has 0 radical (unpaired) electrons. The number of nitrogens with one attached hydrogen (secondary N) is 1. The summed E-state index contributed by atoms with van der Waals surface area (Å²) in [6, 6.07) is 8.05. The first-order valence-corrected chi connectivity index (χ1v) is 11.5. The van der Waals surface area contributed by atoms with Gasteiger partial charge in [0.15, 0.2) is 5.75 Å². The van der Waals surface area contributed by atoms with Crippen LogP contribution in [0.5, 0.6) is 11.5 Å². The standard InChI is InChI=1S/C21H25N3O7S/c1-30-19-10-8-16(32(28,29)23-11-5-3-4-6-12-23)14-17(19)22-21(25)15-7-9-20(31-2)18(13-15)24(26)27/h7-10,13-14H,3-6,11-12H2,1-2H3,(H,22,25). The molecule has 1 aliphatic heterocycles. The van der Waals surface area contributed by atoms with Crippen LogP contribution >= 0.6 is 0 Å². The van der Waals surface area contributed by atoms with Gasteiger partial charge in [0, 0.05) is 24.7 Å². The third-order valence-electron chi connectivity index (χ3n) is 5.26. The van der Waals surface area contributed by atoms with Crippen molar-refractivity contribution in [1.29, 1.82) is 0 Å². The van der Waals surface area contributed by atoms with Crippen LogP contribution in [0.4, 0.5) is 11.4 Å². The fourth-order valence-electron chi connectivity index (χ4n) is 3.54. The van der Waals surface area contributed by atoms with Crippen molar-refractivity contribution in [3.8, 4) is 11.5 Å². The van der Waals surface area contributed by atoms with Crippen LogP contribution < -0.4 is 14.8 Å². The zero-order valence-corrected chi connectivity index (χ0v) is 18.7. The van der Waals surface area contributed by atoms with Crippen LogP contribution in [0, 0.1) is 10.1 Å². The highest BCUT2D eigenvalue weighted by Gasteiger charge is 2.26. The molecule has 0 unspecified atom stereocenters. The van der Waals surface area contributed by atoms with E-state index in [1.807, 2.05) is 0 Å². The molecule has 2 aromatic rings. The minimum atomic E-state index is -3.74. The van der Waals surface area contributed by atoms with Gasteiger partial charge in [0.2, 0.25) is 10.0 Å². The molecular formula is C21H25N3O7S. The van der Waals surface area contributed by atoms with Crippen molar-refractivity contribution in [3.05, 3.63) is 52.1 Å². The normalized spacial score (nSPS) is 14.9. The van der Waals surface area contributed by atoms with E-state index in [0.717, 1.165) is 31.7 Å². The van der Waals surface area contributed by atoms with Crippen LogP contribution in [0.25, 0.3) is 0 Å². The molecule has 1 heterocycles. The number of sulfonamides is 1. The lowest BCUT2D eigenvalue weighted by Crippen LogP contribution is -2.32. The lowest BCUT2D eigenvalue weighted by atomic mass is 10.1. The molecule has 32 heavy (non-hydrogen) atoms. The minimum absolute atomic E-state index is 0.0142. The van der Waals surface area contributed by atoms with E-state index in [1.165, 1.54) is 48.9 Å². The Morgan fingerprint density at radius 3 is 2.22 bits per heavy atom. The summed E-state index contributed by atoms with van der Waals surface area (Å²) >= 11 is 0. The number of rotatable bonds is 7. The van der Waals surface area contributed by atoms with E-state index < -0.39 is 20.9 Å². The minimum Gasteiger partial charge on any atom is -0.495 e. The number of ether oxygens (including phenoxy) is 2. The number of amides is 1. The number of nitro benzene ring substituents is 1. The number of carbonyl (C=O) groups is 1. The summed E-state index contributed by atoms with van der Waals surface area (Å²) in [6.45, 7) is 0.900. The molecule has 0 saturated carbocycles. The Balaban J connectivity index is 1.92. The predicted molar refractivity (Wildman–Crippen MR) is 118 cm³/mol. The molecular weight excluding hydrogens is 438 g/mol. The lowest BCUT2D eigenvalue weighted by Gasteiger charge is -2.21. The Morgan fingerprint density at radius 1 is 1.00 bits per heavy atom. The molecule has 10 nitrogen and oxygen atoms in total. The van der Waals surface area contributed by atoms with E-state index in [0.29, 0.717) is 13.1 Å². The van der Waals surface area contributed by atoms with Gasteiger partial charge in [-0.15, -0.1) is 0 Å². The molecule has 0 aromatic heterocycles. The molecule has 3 rings (SSSR count). The Labute approximate surface area is 186 Å². The predicted octanol–water partition coefficient (Wildman–Crippen LogP) is 3.43. The SMILES string of the molecule is COc1ccc(S(=O)(=O)N2CCCCCC2)cc1NC(=O)c1ccc(OC)c([N+](=O)[O-])c1. The Morgan fingerprint density at radius 2 is 1.62 bits per heavy atom. The van der Waals surface area contributed by atoms with Gasteiger partial charge in [-0.05, 0) is 43.2 Å². The lowest BCUT2D eigenvalue weighted by molar-refractivity contribution is -0.385. The molecule has 11 heteroatoms. The van der Waals surface area contributed by atoms with Crippen LogP contribution in [0.3, 0.4) is 0 Å². The molecule has 1 N–H and O–H groups in total. The largest absolute Gasteiger partial charge is 0.495 e. The third kappa shape index (κ3) is 5.00. The second-order valence-corrected chi connectivity index (χ2v) is 9.22. The van der Waals surface area contributed by atoms with Gasteiger partial charge >= 0.3 is 5.69 Å². The quantitative estimate of drug-likeness (QED) is 0.492. The number of anilines is 1. The molecule has 0 aliphatic carbocycles. The van der Waals surface area contributed by atoms with Gasteiger partial charge in [0.05, 0.1) is 29.7 Å². The van der Waals surface area contributed by atoms with E-state index in [-0.39, 0.29) is 33.3 Å². The summed E-state index contributed by atoms with van der Waals surface area (Å²) in [5.41, 5.74) is -0.197. The summed E-state index contributed by atoms with van der Waals surface area (Å²) in [5, 5.41) is 13.8. The van der Waals surface area contributed by atoms with Crippen LogP contribution in [-0.4, -0.2) is 50.9 Å². The van der Waals surface area contributed by atoms with E-state index in [4.69, 9.17) is 9.47 Å². The van der Waals surface area contributed by atoms with Crippen molar-refractivity contribution in [2.24, 2.45) is 0 Å². The van der Waals surface area contributed by atoms with E-state index in [1.54, 1.807) is 0 Å². The summed E-state index contributed by atoms with van der Waals surface area (Å²) in [6.07, 6.45) is 3.58. The van der Waals surface area contributed by atoms with Crippen molar-refractivity contribution in [2.45, 2.75) is 30.6 Å². The van der Waals surface area contributed by atoms with Gasteiger partial charge in [0.25, 0.3) is 5.91 Å². The van der Waals surface area contributed by atoms with E-state index in [2.05, 4.69) is 5.32 Å². The highest BCUT2D eigenvalue weighted by atomic mass is 32.2. The van der Waals surface area contributed by atoms with Crippen molar-refractivity contribution in [3.63, 3.8) is 0 Å². The molecule has 0 spiro atoms. The number of hydrogen-bond donors (Lipinski definition) is 1. The molecule has 1 aliphatic rings. The van der Waals surface area contributed by atoms with Crippen LogP contribution in [0.1, 0.15) is 36.0 Å².